The molecule has 0 unspecified atom stereocenters. The van der Waals surface area contributed by atoms with E-state index in [0.29, 0.717) is 13.2 Å². The van der Waals surface area contributed by atoms with Crippen molar-refractivity contribution in [2.75, 3.05) is 20.3 Å². The number of amides is 2. The fourth-order valence-corrected chi connectivity index (χ4v) is 3.02. The number of sulfonamides is 1. The number of rotatable bonds is 8. The number of pyridine rings is 1. The van der Waals surface area contributed by atoms with E-state index in [0.717, 1.165) is 18.3 Å². The summed E-state index contributed by atoms with van der Waals surface area (Å²) in [5.41, 5.74) is -0.156. The monoisotopic (exact) mass is 407 g/mol. The number of ether oxygens (including phenoxy) is 1. The van der Waals surface area contributed by atoms with E-state index in [1.165, 1.54) is 31.4 Å². The first kappa shape index (κ1) is 21.0. The summed E-state index contributed by atoms with van der Waals surface area (Å²) in [4.78, 5) is 38.1. The van der Waals surface area contributed by atoms with Gasteiger partial charge < -0.3 is 15.2 Å². The van der Waals surface area contributed by atoms with Crippen LogP contribution < -0.4 is 10.0 Å². The number of nitrogens with one attached hydrogen (secondary N) is 2. The van der Waals surface area contributed by atoms with Crippen molar-refractivity contribution in [1.82, 2.24) is 15.0 Å². The van der Waals surface area contributed by atoms with Crippen molar-refractivity contribution in [2.45, 2.75) is 4.90 Å². The normalized spacial score (nSPS) is 10.9. The molecular weight excluding hydrogens is 390 g/mol. The lowest BCUT2D eigenvalue weighted by Crippen LogP contribution is -2.31. The number of benzene rings is 1. The first-order valence-corrected chi connectivity index (χ1v) is 9.36. The quantitative estimate of drug-likeness (QED) is 0.528. The fraction of sp³-hybridized carbons (Fsp3) is 0.176. The van der Waals surface area contributed by atoms with Gasteiger partial charge in [0.05, 0.1) is 17.1 Å². The van der Waals surface area contributed by atoms with Crippen molar-refractivity contribution >= 4 is 27.8 Å². The van der Waals surface area contributed by atoms with E-state index in [-0.39, 0.29) is 21.7 Å². The summed E-state index contributed by atoms with van der Waals surface area (Å²) in [5.74, 6) is -2.63. The minimum Gasteiger partial charge on any atom is -0.477 e. The van der Waals surface area contributed by atoms with Crippen LogP contribution in [-0.4, -0.2) is 56.6 Å². The Hall–Kier alpha value is -3.31. The Morgan fingerprint density at radius 1 is 1.04 bits per heavy atom. The van der Waals surface area contributed by atoms with Crippen LogP contribution in [0.1, 0.15) is 31.2 Å². The standard InChI is InChI=1S/C17H17N3O7S/c1-27-9-8-18-15(21)11-2-5-13(6-3-11)28(25,26)20-16(22)12-4-7-14(17(23)24)19-10-12/h2-7,10H,8-9H2,1H3,(H,18,21)(H,20,22)(H,23,24). The van der Waals surface area contributed by atoms with E-state index in [2.05, 4.69) is 10.3 Å². The first-order valence-electron chi connectivity index (χ1n) is 7.88. The molecule has 0 saturated heterocycles. The van der Waals surface area contributed by atoms with Crippen LogP contribution in [0.4, 0.5) is 0 Å². The molecule has 0 aliphatic carbocycles. The van der Waals surface area contributed by atoms with Crippen LogP contribution in [0.3, 0.4) is 0 Å². The van der Waals surface area contributed by atoms with Crippen LogP contribution in [0.2, 0.25) is 0 Å². The SMILES string of the molecule is COCCNC(=O)c1ccc(S(=O)(=O)NC(=O)c2ccc(C(=O)O)nc2)cc1. The Labute approximate surface area is 160 Å². The predicted octanol–water partition coefficient (Wildman–Crippen LogP) is 0.275. The van der Waals surface area contributed by atoms with Gasteiger partial charge in [-0.3, -0.25) is 9.59 Å². The second-order valence-corrected chi connectivity index (χ2v) is 7.13. The molecule has 1 heterocycles. The van der Waals surface area contributed by atoms with Crippen LogP contribution in [0.15, 0.2) is 47.5 Å². The zero-order valence-electron chi connectivity index (χ0n) is 14.7. The van der Waals surface area contributed by atoms with E-state index in [4.69, 9.17) is 9.84 Å². The third-order valence-electron chi connectivity index (χ3n) is 3.49. The molecule has 0 spiro atoms. The van der Waals surface area contributed by atoms with Crippen LogP contribution in [-0.2, 0) is 14.8 Å². The lowest BCUT2D eigenvalue weighted by molar-refractivity contribution is 0.0689. The minimum atomic E-state index is -4.19. The smallest absolute Gasteiger partial charge is 0.354 e. The molecule has 0 radical (unpaired) electrons. The number of aromatic carboxylic acids is 1. The van der Waals surface area contributed by atoms with Gasteiger partial charge in [-0.25, -0.2) is 22.9 Å². The Morgan fingerprint density at radius 2 is 1.68 bits per heavy atom. The van der Waals surface area contributed by atoms with Crippen LogP contribution >= 0.6 is 0 Å². The molecule has 11 heteroatoms. The summed E-state index contributed by atoms with van der Waals surface area (Å²) in [7, 11) is -2.70. The number of aromatic nitrogens is 1. The van der Waals surface area contributed by atoms with Gasteiger partial charge in [-0.15, -0.1) is 0 Å². The molecule has 3 N–H and O–H groups in total. The highest BCUT2D eigenvalue weighted by Crippen LogP contribution is 2.12. The van der Waals surface area contributed by atoms with Gasteiger partial charge in [0.15, 0.2) is 0 Å². The number of hydrogen-bond donors (Lipinski definition) is 3. The molecule has 0 atom stereocenters. The third kappa shape index (κ3) is 5.34. The highest BCUT2D eigenvalue weighted by molar-refractivity contribution is 7.90. The molecule has 2 amide bonds. The minimum absolute atomic E-state index is 0.122. The molecular formula is C17H17N3O7S. The van der Waals surface area contributed by atoms with E-state index in [1.807, 2.05) is 4.72 Å². The Morgan fingerprint density at radius 3 is 2.21 bits per heavy atom. The zero-order chi connectivity index (χ0) is 20.7. The summed E-state index contributed by atoms with van der Waals surface area (Å²) in [6.07, 6.45) is 0.960. The predicted molar refractivity (Wildman–Crippen MR) is 96.5 cm³/mol. The van der Waals surface area contributed by atoms with Crippen LogP contribution in [0.5, 0.6) is 0 Å². The fourth-order valence-electron chi connectivity index (χ4n) is 2.05. The average molecular weight is 407 g/mol. The average Bonchev–Trinajstić information content (AvgIpc) is 2.68. The van der Waals surface area contributed by atoms with E-state index >= 15 is 0 Å². The molecule has 0 saturated carbocycles. The maximum absolute atomic E-state index is 12.3. The maximum Gasteiger partial charge on any atom is 0.354 e. The number of carbonyl (C=O) groups excluding carboxylic acids is 2. The van der Waals surface area contributed by atoms with Gasteiger partial charge >= 0.3 is 5.97 Å². The number of carboxylic acids is 1. The van der Waals surface area contributed by atoms with Gasteiger partial charge in [0.25, 0.3) is 21.8 Å². The van der Waals surface area contributed by atoms with Crippen molar-refractivity contribution in [1.29, 1.82) is 0 Å². The topological polar surface area (TPSA) is 152 Å². The Kier molecular flexibility index (Phi) is 6.79. The molecule has 28 heavy (non-hydrogen) atoms. The molecule has 0 fully saturated rings. The van der Waals surface area contributed by atoms with Gasteiger partial charge in [0, 0.05) is 25.4 Å². The van der Waals surface area contributed by atoms with Gasteiger partial charge in [0.2, 0.25) is 0 Å². The van der Waals surface area contributed by atoms with Crippen LogP contribution in [0.25, 0.3) is 0 Å². The van der Waals surface area contributed by atoms with E-state index in [1.54, 1.807) is 0 Å². The van der Waals surface area contributed by atoms with Crippen LogP contribution in [0, 0.1) is 0 Å². The van der Waals surface area contributed by atoms with Crippen molar-refractivity contribution in [3.63, 3.8) is 0 Å². The molecule has 0 aliphatic heterocycles. The molecule has 2 aromatic rings. The summed E-state index contributed by atoms with van der Waals surface area (Å²) in [6.45, 7) is 0.646. The second-order valence-electron chi connectivity index (χ2n) is 5.44. The highest BCUT2D eigenvalue weighted by Gasteiger charge is 2.20. The van der Waals surface area contributed by atoms with Gasteiger partial charge in [-0.2, -0.15) is 0 Å². The Bertz CT molecular complexity index is 971. The lowest BCUT2D eigenvalue weighted by atomic mass is 10.2. The second kappa shape index (κ2) is 9.06. The van der Waals surface area contributed by atoms with E-state index in [9.17, 15) is 22.8 Å². The molecule has 0 bridgehead atoms. The highest BCUT2D eigenvalue weighted by atomic mass is 32.2. The lowest BCUT2D eigenvalue weighted by Gasteiger charge is -2.08. The number of carbonyl (C=O) groups is 3. The zero-order valence-corrected chi connectivity index (χ0v) is 15.5. The number of carboxylic acid groups (broad SMARTS) is 1. The summed E-state index contributed by atoms with van der Waals surface area (Å²) in [5, 5.41) is 11.4. The van der Waals surface area contributed by atoms with Crippen molar-refractivity contribution in [3.05, 3.63) is 59.4 Å². The first-order chi connectivity index (χ1) is 13.2. The third-order valence-corrected chi connectivity index (χ3v) is 4.84. The number of methoxy groups -OCH3 is 1. The van der Waals surface area contributed by atoms with E-state index < -0.39 is 27.8 Å². The largest absolute Gasteiger partial charge is 0.477 e. The molecule has 148 valence electrons. The molecule has 2 rings (SSSR count). The van der Waals surface area contributed by atoms with Crippen molar-refractivity contribution < 1.29 is 32.6 Å². The maximum atomic E-state index is 12.3. The van der Waals surface area contributed by atoms with Gasteiger partial charge in [0.1, 0.15) is 5.69 Å². The summed E-state index contributed by atoms with van der Waals surface area (Å²) >= 11 is 0. The molecule has 0 aliphatic rings. The number of nitrogens with zero attached hydrogens (tertiary/aromatic N) is 1. The van der Waals surface area contributed by atoms with Crippen molar-refractivity contribution in [2.24, 2.45) is 0 Å². The number of hydrogen-bond acceptors (Lipinski definition) is 7. The molecule has 1 aromatic heterocycles. The molecule has 1 aromatic carbocycles. The van der Waals surface area contributed by atoms with Gasteiger partial charge in [-0.1, -0.05) is 0 Å². The Balaban J connectivity index is 2.08. The summed E-state index contributed by atoms with van der Waals surface area (Å²) in [6, 6.07) is 7.23. The van der Waals surface area contributed by atoms with Gasteiger partial charge in [-0.05, 0) is 36.4 Å². The van der Waals surface area contributed by atoms with Crippen molar-refractivity contribution in [3.8, 4) is 0 Å². The molecule has 10 nitrogen and oxygen atoms in total. The summed E-state index contributed by atoms with van der Waals surface area (Å²) < 4.78 is 31.3.